The third kappa shape index (κ3) is 2.97. The summed E-state index contributed by atoms with van der Waals surface area (Å²) in [4.78, 5) is 26.7. The Kier molecular flexibility index (Phi) is 4.65. The van der Waals surface area contributed by atoms with Crippen LogP contribution in [0.2, 0.25) is 0 Å². The topological polar surface area (TPSA) is 91.5 Å². The molecule has 1 amide bonds. The SMILES string of the molecule is CCC(C)C(=O)Oc1c(OC)ccnc1C(N)=O. The minimum Gasteiger partial charge on any atom is -0.493 e. The molecule has 1 aromatic heterocycles. The average molecular weight is 252 g/mol. The van der Waals surface area contributed by atoms with Gasteiger partial charge < -0.3 is 15.2 Å². The minimum atomic E-state index is -0.777. The summed E-state index contributed by atoms with van der Waals surface area (Å²) in [5.41, 5.74) is 5.05. The van der Waals surface area contributed by atoms with Crippen molar-refractivity contribution >= 4 is 11.9 Å². The van der Waals surface area contributed by atoms with Crippen LogP contribution in [0.5, 0.6) is 11.5 Å². The van der Waals surface area contributed by atoms with Gasteiger partial charge in [-0.25, -0.2) is 4.98 Å². The second kappa shape index (κ2) is 6.00. The fourth-order valence-electron chi connectivity index (χ4n) is 1.23. The van der Waals surface area contributed by atoms with Crippen molar-refractivity contribution in [2.45, 2.75) is 20.3 Å². The first kappa shape index (κ1) is 14.0. The fourth-order valence-corrected chi connectivity index (χ4v) is 1.23. The number of ether oxygens (including phenoxy) is 2. The van der Waals surface area contributed by atoms with Crippen LogP contribution in [0.1, 0.15) is 30.8 Å². The van der Waals surface area contributed by atoms with Gasteiger partial charge in [0, 0.05) is 12.3 Å². The van der Waals surface area contributed by atoms with E-state index in [1.807, 2.05) is 6.92 Å². The Morgan fingerprint density at radius 3 is 2.67 bits per heavy atom. The first-order chi connectivity index (χ1) is 8.51. The van der Waals surface area contributed by atoms with Crippen molar-refractivity contribution in [1.82, 2.24) is 4.98 Å². The van der Waals surface area contributed by atoms with Gasteiger partial charge in [0.1, 0.15) is 0 Å². The molecule has 1 aromatic rings. The molecule has 0 saturated carbocycles. The number of methoxy groups -OCH3 is 1. The molecule has 6 nitrogen and oxygen atoms in total. The van der Waals surface area contributed by atoms with E-state index < -0.39 is 11.9 Å². The Labute approximate surface area is 105 Å². The molecule has 1 unspecified atom stereocenters. The van der Waals surface area contributed by atoms with Gasteiger partial charge >= 0.3 is 5.97 Å². The molecule has 0 fully saturated rings. The molecule has 0 bridgehead atoms. The standard InChI is InChI=1S/C12H16N2O4/c1-4-7(2)12(16)18-10-8(17-3)5-6-14-9(10)11(13)15/h5-7H,4H2,1-3H3,(H2,13,15). The summed E-state index contributed by atoms with van der Waals surface area (Å²) in [7, 11) is 1.40. The maximum absolute atomic E-state index is 11.7. The van der Waals surface area contributed by atoms with Gasteiger partial charge in [-0.1, -0.05) is 13.8 Å². The van der Waals surface area contributed by atoms with Gasteiger partial charge in [-0.05, 0) is 6.42 Å². The Balaban J connectivity index is 3.12. The van der Waals surface area contributed by atoms with Gasteiger partial charge in [0.25, 0.3) is 5.91 Å². The number of esters is 1. The highest BCUT2D eigenvalue weighted by molar-refractivity contribution is 5.95. The maximum Gasteiger partial charge on any atom is 0.314 e. The Hall–Kier alpha value is -2.11. The highest BCUT2D eigenvalue weighted by Crippen LogP contribution is 2.30. The van der Waals surface area contributed by atoms with Crippen LogP contribution in [0.15, 0.2) is 12.3 Å². The van der Waals surface area contributed by atoms with Crippen molar-refractivity contribution in [3.05, 3.63) is 18.0 Å². The number of rotatable bonds is 5. The molecule has 1 rings (SSSR count). The van der Waals surface area contributed by atoms with Crippen molar-refractivity contribution in [3.8, 4) is 11.5 Å². The lowest BCUT2D eigenvalue weighted by atomic mass is 10.1. The van der Waals surface area contributed by atoms with Crippen LogP contribution in [0.3, 0.4) is 0 Å². The van der Waals surface area contributed by atoms with Crippen LogP contribution in [0.25, 0.3) is 0 Å². The zero-order valence-corrected chi connectivity index (χ0v) is 10.6. The third-order valence-electron chi connectivity index (χ3n) is 2.54. The van der Waals surface area contributed by atoms with Gasteiger partial charge in [0.15, 0.2) is 11.4 Å². The molecule has 1 heterocycles. The molecule has 6 heteroatoms. The van der Waals surface area contributed by atoms with Crippen LogP contribution in [-0.2, 0) is 4.79 Å². The van der Waals surface area contributed by atoms with Crippen LogP contribution < -0.4 is 15.2 Å². The molecule has 0 radical (unpaired) electrons. The molecule has 0 saturated heterocycles. The Bertz CT molecular complexity index is 459. The molecule has 0 spiro atoms. The lowest BCUT2D eigenvalue weighted by Crippen LogP contribution is -2.21. The summed E-state index contributed by atoms with van der Waals surface area (Å²) < 4.78 is 10.2. The number of pyridine rings is 1. The summed E-state index contributed by atoms with van der Waals surface area (Å²) in [6.07, 6.45) is 1.99. The second-order valence-electron chi connectivity index (χ2n) is 3.79. The molecular formula is C12H16N2O4. The fraction of sp³-hybridized carbons (Fsp3) is 0.417. The monoisotopic (exact) mass is 252 g/mol. The largest absolute Gasteiger partial charge is 0.493 e. The Morgan fingerprint density at radius 1 is 1.50 bits per heavy atom. The molecule has 0 aliphatic heterocycles. The summed E-state index contributed by atoms with van der Waals surface area (Å²) in [6.45, 7) is 3.59. The molecule has 0 aliphatic carbocycles. The summed E-state index contributed by atoms with van der Waals surface area (Å²) in [5, 5.41) is 0. The van der Waals surface area contributed by atoms with Crippen molar-refractivity contribution in [1.29, 1.82) is 0 Å². The van der Waals surface area contributed by atoms with Crippen LogP contribution in [0.4, 0.5) is 0 Å². The first-order valence-corrected chi connectivity index (χ1v) is 5.55. The Morgan fingerprint density at radius 2 is 2.17 bits per heavy atom. The van der Waals surface area contributed by atoms with Crippen molar-refractivity contribution in [2.24, 2.45) is 11.7 Å². The van der Waals surface area contributed by atoms with E-state index in [2.05, 4.69) is 4.98 Å². The van der Waals surface area contributed by atoms with E-state index in [9.17, 15) is 9.59 Å². The number of aromatic nitrogens is 1. The van der Waals surface area contributed by atoms with E-state index >= 15 is 0 Å². The quantitative estimate of drug-likeness (QED) is 0.793. The predicted octanol–water partition coefficient (Wildman–Crippen LogP) is 1.14. The van der Waals surface area contributed by atoms with Crippen molar-refractivity contribution in [3.63, 3.8) is 0 Å². The van der Waals surface area contributed by atoms with Gasteiger partial charge in [0.2, 0.25) is 5.75 Å². The van der Waals surface area contributed by atoms with Crippen molar-refractivity contribution in [2.75, 3.05) is 7.11 Å². The van der Waals surface area contributed by atoms with E-state index in [0.717, 1.165) is 0 Å². The van der Waals surface area contributed by atoms with E-state index in [1.54, 1.807) is 6.92 Å². The molecule has 0 aromatic carbocycles. The summed E-state index contributed by atoms with van der Waals surface area (Å²) >= 11 is 0. The molecule has 0 aliphatic rings. The number of primary amides is 1. The van der Waals surface area contributed by atoms with Gasteiger partial charge in [-0.15, -0.1) is 0 Å². The smallest absolute Gasteiger partial charge is 0.314 e. The van der Waals surface area contributed by atoms with Gasteiger partial charge in [-0.2, -0.15) is 0 Å². The van der Waals surface area contributed by atoms with Crippen LogP contribution in [-0.4, -0.2) is 24.0 Å². The molecule has 98 valence electrons. The third-order valence-corrected chi connectivity index (χ3v) is 2.54. The highest BCUT2D eigenvalue weighted by Gasteiger charge is 2.22. The zero-order valence-electron chi connectivity index (χ0n) is 10.6. The van der Waals surface area contributed by atoms with Crippen molar-refractivity contribution < 1.29 is 19.1 Å². The van der Waals surface area contributed by atoms with E-state index in [4.69, 9.17) is 15.2 Å². The number of hydrogen-bond acceptors (Lipinski definition) is 5. The van der Waals surface area contributed by atoms with Gasteiger partial charge in [0.05, 0.1) is 13.0 Å². The number of carbonyl (C=O) groups excluding carboxylic acids is 2. The van der Waals surface area contributed by atoms with E-state index in [1.165, 1.54) is 19.4 Å². The lowest BCUT2D eigenvalue weighted by molar-refractivity contribution is -0.138. The molecule has 18 heavy (non-hydrogen) atoms. The zero-order chi connectivity index (χ0) is 13.7. The molecular weight excluding hydrogens is 236 g/mol. The summed E-state index contributed by atoms with van der Waals surface area (Å²) in [6, 6.07) is 1.49. The number of nitrogens with two attached hydrogens (primary N) is 1. The van der Waals surface area contributed by atoms with E-state index in [0.29, 0.717) is 6.42 Å². The normalized spacial score (nSPS) is 11.7. The number of nitrogens with zero attached hydrogens (tertiary/aromatic N) is 1. The summed E-state index contributed by atoms with van der Waals surface area (Å²) in [5.74, 6) is -1.30. The minimum absolute atomic E-state index is 0.0298. The number of amides is 1. The predicted molar refractivity (Wildman–Crippen MR) is 64.4 cm³/mol. The molecule has 2 N–H and O–H groups in total. The molecule has 1 atom stereocenters. The maximum atomic E-state index is 11.7. The highest BCUT2D eigenvalue weighted by atomic mass is 16.6. The van der Waals surface area contributed by atoms with Crippen LogP contribution in [0, 0.1) is 5.92 Å². The van der Waals surface area contributed by atoms with E-state index in [-0.39, 0.29) is 23.1 Å². The number of carbonyl (C=O) groups is 2. The average Bonchev–Trinajstić information content (AvgIpc) is 2.37. The van der Waals surface area contributed by atoms with Crippen LogP contribution >= 0.6 is 0 Å². The van der Waals surface area contributed by atoms with Gasteiger partial charge in [-0.3, -0.25) is 9.59 Å². The number of hydrogen-bond donors (Lipinski definition) is 1. The lowest BCUT2D eigenvalue weighted by Gasteiger charge is -2.13. The first-order valence-electron chi connectivity index (χ1n) is 5.55. The second-order valence-corrected chi connectivity index (χ2v) is 3.79.